The van der Waals surface area contributed by atoms with Gasteiger partial charge in [-0.2, -0.15) is 4.90 Å². The first-order chi connectivity index (χ1) is 21.0. The lowest BCUT2D eigenvalue weighted by Gasteiger charge is -2.31. The van der Waals surface area contributed by atoms with Crippen LogP contribution in [0.2, 0.25) is 0 Å². The number of hydrogen-bond acceptors (Lipinski definition) is 8. The van der Waals surface area contributed by atoms with Crippen LogP contribution in [0.1, 0.15) is 30.5 Å². The van der Waals surface area contributed by atoms with Crippen LogP contribution in [0.5, 0.6) is 11.5 Å². The lowest BCUT2D eigenvalue weighted by Crippen LogP contribution is -2.38. The van der Waals surface area contributed by atoms with E-state index in [0.29, 0.717) is 35.5 Å². The number of amides is 3. The summed E-state index contributed by atoms with van der Waals surface area (Å²) in [5.41, 5.74) is 4.27. The van der Waals surface area contributed by atoms with Crippen molar-refractivity contribution in [1.29, 1.82) is 0 Å². The Labute approximate surface area is 249 Å². The lowest BCUT2D eigenvalue weighted by molar-refractivity contribution is -0.137. The minimum Gasteiger partial charge on any atom is -0.507 e. The van der Waals surface area contributed by atoms with Crippen molar-refractivity contribution >= 4 is 29.6 Å². The summed E-state index contributed by atoms with van der Waals surface area (Å²) >= 11 is 0. The van der Waals surface area contributed by atoms with Gasteiger partial charge in [-0.3, -0.25) is 14.6 Å². The van der Waals surface area contributed by atoms with Gasteiger partial charge in [-0.25, -0.2) is 4.79 Å². The van der Waals surface area contributed by atoms with Crippen LogP contribution >= 0.6 is 0 Å². The van der Waals surface area contributed by atoms with Crippen molar-refractivity contribution < 1.29 is 33.7 Å². The van der Waals surface area contributed by atoms with E-state index in [9.17, 15) is 19.5 Å². The Kier molecular flexibility index (Phi) is 8.07. The molecule has 0 unspecified atom stereocenters. The molecule has 1 N–H and O–H groups in total. The van der Waals surface area contributed by atoms with Gasteiger partial charge in [-0.1, -0.05) is 42.5 Å². The first-order valence-corrected chi connectivity index (χ1v) is 14.3. The highest BCUT2D eigenvalue weighted by atomic mass is 16.5. The third kappa shape index (κ3) is 5.56. The van der Waals surface area contributed by atoms with Crippen molar-refractivity contribution in [2.24, 2.45) is 17.8 Å². The molecule has 3 heterocycles. The van der Waals surface area contributed by atoms with E-state index >= 15 is 0 Å². The van der Waals surface area contributed by atoms with Crippen LogP contribution < -0.4 is 4.74 Å². The zero-order valence-corrected chi connectivity index (χ0v) is 23.7. The average Bonchev–Trinajstić information content (AvgIpc) is 3.57. The number of ether oxygens (including phenoxy) is 3. The summed E-state index contributed by atoms with van der Waals surface area (Å²) in [5, 5.41) is 10.4. The molecule has 43 heavy (non-hydrogen) atoms. The van der Waals surface area contributed by atoms with Gasteiger partial charge in [0.05, 0.1) is 37.4 Å². The molecule has 2 saturated heterocycles. The minimum absolute atomic E-state index is 0.175. The molecule has 2 aliphatic heterocycles. The molecular weight excluding hydrogens is 548 g/mol. The van der Waals surface area contributed by atoms with Gasteiger partial charge in [-0.15, -0.1) is 0 Å². The van der Waals surface area contributed by atoms with E-state index in [2.05, 4.69) is 4.98 Å². The van der Waals surface area contributed by atoms with Crippen molar-refractivity contribution in [3.63, 3.8) is 0 Å². The summed E-state index contributed by atoms with van der Waals surface area (Å²) < 4.78 is 17.2. The molecule has 2 fully saturated rings. The Morgan fingerprint density at radius 3 is 2.53 bits per heavy atom. The van der Waals surface area contributed by atoms with E-state index in [1.165, 1.54) is 0 Å². The maximum absolute atomic E-state index is 13.4. The summed E-state index contributed by atoms with van der Waals surface area (Å²) in [4.78, 5) is 44.3. The van der Waals surface area contributed by atoms with Gasteiger partial charge in [0.2, 0.25) is 11.8 Å². The van der Waals surface area contributed by atoms with Crippen molar-refractivity contribution in [3.05, 3.63) is 101 Å². The molecule has 9 nitrogen and oxygen atoms in total. The number of methoxy groups -OCH3 is 1. The van der Waals surface area contributed by atoms with Crippen molar-refractivity contribution in [2.75, 3.05) is 20.3 Å². The number of aromatic nitrogens is 1. The SMILES string of the molecule is COC(=O)N1C(=O)[C@@H]2[C@@H](CC(COc3ccccc3)=C3[C@@H](CC/C(=C/c4ccccc4O)c4ccccn4)OC[C@@H]32)C1=O. The fraction of sp³-hybridized carbons (Fsp3) is 0.294. The van der Waals surface area contributed by atoms with E-state index < -0.39 is 29.7 Å². The van der Waals surface area contributed by atoms with Gasteiger partial charge >= 0.3 is 6.09 Å². The van der Waals surface area contributed by atoms with Crippen LogP contribution in [0.4, 0.5) is 4.79 Å². The number of fused-ring (bicyclic) bond motifs is 3. The second-order valence-electron chi connectivity index (χ2n) is 10.9. The van der Waals surface area contributed by atoms with Crippen LogP contribution in [-0.2, 0) is 19.1 Å². The predicted molar refractivity (Wildman–Crippen MR) is 157 cm³/mol. The van der Waals surface area contributed by atoms with Gasteiger partial charge in [0.1, 0.15) is 18.1 Å². The van der Waals surface area contributed by atoms with Gasteiger partial charge < -0.3 is 19.3 Å². The Hall–Kier alpha value is -4.76. The molecule has 1 aliphatic carbocycles. The summed E-state index contributed by atoms with van der Waals surface area (Å²) in [6, 6.07) is 22.2. The van der Waals surface area contributed by atoms with Gasteiger partial charge in [0.25, 0.3) is 0 Å². The second kappa shape index (κ2) is 12.2. The number of rotatable bonds is 8. The molecule has 3 aliphatic rings. The number of aromatic hydroxyl groups is 1. The van der Waals surface area contributed by atoms with Crippen molar-refractivity contribution in [1.82, 2.24) is 9.88 Å². The molecule has 0 bridgehead atoms. The highest BCUT2D eigenvalue weighted by molar-refractivity contribution is 6.16. The highest BCUT2D eigenvalue weighted by Crippen LogP contribution is 2.50. The number of para-hydroxylation sites is 2. The zero-order valence-electron chi connectivity index (χ0n) is 23.7. The third-order valence-corrected chi connectivity index (χ3v) is 8.46. The summed E-state index contributed by atoms with van der Waals surface area (Å²) in [5.74, 6) is -1.94. The number of carbonyl (C=O) groups is 3. The number of carbonyl (C=O) groups excluding carboxylic acids is 3. The maximum Gasteiger partial charge on any atom is 0.423 e. The average molecular weight is 581 g/mol. The van der Waals surface area contributed by atoms with Gasteiger partial charge in [0, 0.05) is 17.7 Å². The molecule has 9 heteroatoms. The number of imide groups is 3. The minimum atomic E-state index is -0.960. The number of nitrogens with zero attached hydrogens (tertiary/aromatic N) is 2. The van der Waals surface area contributed by atoms with Crippen LogP contribution in [0.3, 0.4) is 0 Å². The normalized spacial score (nSPS) is 23.3. The smallest absolute Gasteiger partial charge is 0.423 e. The second-order valence-corrected chi connectivity index (χ2v) is 10.9. The van der Waals surface area contributed by atoms with Gasteiger partial charge in [0.15, 0.2) is 0 Å². The molecule has 0 saturated carbocycles. The molecule has 2 aromatic carbocycles. The van der Waals surface area contributed by atoms with Crippen molar-refractivity contribution in [2.45, 2.75) is 25.4 Å². The predicted octanol–water partition coefficient (Wildman–Crippen LogP) is 5.27. The molecule has 3 aromatic rings. The Balaban J connectivity index is 1.31. The van der Waals surface area contributed by atoms with E-state index in [1.807, 2.05) is 66.7 Å². The van der Waals surface area contributed by atoms with E-state index in [-0.39, 0.29) is 31.0 Å². The molecule has 220 valence electrons. The number of hydrogen-bond donors (Lipinski definition) is 1. The fourth-order valence-electron chi connectivity index (χ4n) is 6.47. The quantitative estimate of drug-likeness (QED) is 0.283. The molecular formula is C34H32N2O7. The van der Waals surface area contributed by atoms with Crippen LogP contribution in [0, 0.1) is 17.8 Å². The van der Waals surface area contributed by atoms with E-state index in [0.717, 1.165) is 29.5 Å². The first-order valence-electron chi connectivity index (χ1n) is 14.3. The third-order valence-electron chi connectivity index (χ3n) is 8.46. The first kappa shape index (κ1) is 28.4. The van der Waals surface area contributed by atoms with E-state index in [1.54, 1.807) is 18.3 Å². The Morgan fingerprint density at radius 1 is 1.02 bits per heavy atom. The Bertz CT molecular complexity index is 1580. The van der Waals surface area contributed by atoms with Crippen LogP contribution in [-0.4, -0.2) is 59.3 Å². The molecule has 1 aromatic heterocycles. The standard InChI is InChI=1S/C34H32N2O7/c1-41-34(40)36-32(38)25-18-23(19-42-24-10-3-2-4-11-24)30-26(31(25)33(36)39)20-43-29(30)15-14-21(27-12-7-8-16-35-27)17-22-9-5-6-13-28(22)37/h2-13,16-17,25-26,29,31,37H,14-15,18-20H2,1H3/b21-17-/t25-,26+,29-,31-/m1/s1. The number of phenolic OH excluding ortho intramolecular Hbond substituents is 1. The molecule has 6 rings (SSSR count). The maximum atomic E-state index is 13.4. The van der Waals surface area contributed by atoms with Crippen LogP contribution in [0.15, 0.2) is 90.1 Å². The van der Waals surface area contributed by atoms with Crippen LogP contribution in [0.25, 0.3) is 11.6 Å². The van der Waals surface area contributed by atoms with Crippen molar-refractivity contribution in [3.8, 4) is 11.5 Å². The van der Waals surface area contributed by atoms with E-state index in [4.69, 9.17) is 14.2 Å². The molecule has 0 spiro atoms. The fourth-order valence-corrected chi connectivity index (χ4v) is 6.47. The zero-order chi connectivity index (χ0) is 29.9. The number of pyridine rings is 1. The highest BCUT2D eigenvalue weighted by Gasteiger charge is 2.59. The molecule has 0 radical (unpaired) electrons. The number of likely N-dealkylation sites (tertiary alicyclic amines) is 1. The summed E-state index contributed by atoms with van der Waals surface area (Å²) in [7, 11) is 1.16. The number of phenols is 1. The number of allylic oxidation sites excluding steroid dienone is 1. The molecule has 3 amide bonds. The molecule has 4 atom stereocenters. The summed E-state index contributed by atoms with van der Waals surface area (Å²) in [6.07, 6.45) is 3.83. The topological polar surface area (TPSA) is 115 Å². The summed E-state index contributed by atoms with van der Waals surface area (Å²) in [6.45, 7) is 0.492. The largest absolute Gasteiger partial charge is 0.507 e. The lowest BCUT2D eigenvalue weighted by atomic mass is 9.69. The monoisotopic (exact) mass is 580 g/mol. The Morgan fingerprint density at radius 2 is 1.79 bits per heavy atom. The number of benzene rings is 2. The van der Waals surface area contributed by atoms with Gasteiger partial charge in [-0.05, 0) is 72.4 Å².